The Balaban J connectivity index is 2.30. The molecule has 4 heteroatoms. The van der Waals surface area contributed by atoms with Crippen molar-refractivity contribution in [3.63, 3.8) is 0 Å². The molecule has 1 unspecified atom stereocenters. The molecule has 25 heavy (non-hydrogen) atoms. The molecule has 0 fully saturated rings. The van der Waals surface area contributed by atoms with Gasteiger partial charge in [-0.3, -0.25) is 4.79 Å². The highest BCUT2D eigenvalue weighted by Crippen LogP contribution is 2.27. The minimum Gasteiger partial charge on any atom is -0.465 e. The first-order valence-corrected chi connectivity index (χ1v) is 8.36. The van der Waals surface area contributed by atoms with Crippen LogP contribution in [0.5, 0.6) is 0 Å². The topological polar surface area (TPSA) is 52.6 Å². The van der Waals surface area contributed by atoms with Gasteiger partial charge in [-0.25, -0.2) is 4.79 Å². The van der Waals surface area contributed by atoms with Crippen LogP contribution in [-0.4, -0.2) is 24.1 Å². The molecular formula is C21H24O4. The molecule has 0 amide bonds. The monoisotopic (exact) mass is 340 g/mol. The number of hydrogen-bond donors (Lipinski definition) is 0. The van der Waals surface area contributed by atoms with Crippen LogP contribution in [0.3, 0.4) is 0 Å². The molecule has 0 bridgehead atoms. The first-order valence-electron chi connectivity index (χ1n) is 8.36. The van der Waals surface area contributed by atoms with Crippen molar-refractivity contribution in [2.24, 2.45) is 0 Å². The predicted molar refractivity (Wildman–Crippen MR) is 96.5 cm³/mol. The summed E-state index contributed by atoms with van der Waals surface area (Å²) < 4.78 is 10.6. The van der Waals surface area contributed by atoms with Crippen molar-refractivity contribution in [3.05, 3.63) is 71.3 Å². The standard InChI is InChI=1S/C21H24O4/c1-5-24-20(23)18(15-9-7-6-8-10-15)16-11-13-17(14-12-16)19(22)25-21(2,3)4/h6-14,18H,5H2,1-4H3. The summed E-state index contributed by atoms with van der Waals surface area (Å²) in [5.74, 6) is -1.21. The Labute approximate surface area is 148 Å². The van der Waals surface area contributed by atoms with E-state index in [0.717, 1.165) is 11.1 Å². The van der Waals surface area contributed by atoms with E-state index in [4.69, 9.17) is 9.47 Å². The number of carbonyl (C=O) groups excluding carboxylic acids is 2. The van der Waals surface area contributed by atoms with Crippen LogP contribution in [0.4, 0.5) is 0 Å². The molecule has 0 N–H and O–H groups in total. The number of carbonyl (C=O) groups is 2. The van der Waals surface area contributed by atoms with Crippen molar-refractivity contribution < 1.29 is 19.1 Å². The summed E-state index contributed by atoms with van der Waals surface area (Å²) in [6.07, 6.45) is 0. The second kappa shape index (κ2) is 7.97. The van der Waals surface area contributed by atoms with Gasteiger partial charge in [0.1, 0.15) is 11.5 Å². The van der Waals surface area contributed by atoms with E-state index in [0.29, 0.717) is 12.2 Å². The molecule has 132 valence electrons. The number of ether oxygens (including phenoxy) is 2. The lowest BCUT2D eigenvalue weighted by atomic mass is 9.91. The minimum atomic E-state index is -0.548. The average molecular weight is 340 g/mol. The third kappa shape index (κ3) is 5.18. The molecule has 2 rings (SSSR count). The molecule has 0 heterocycles. The number of hydrogen-bond acceptors (Lipinski definition) is 4. The van der Waals surface area contributed by atoms with Crippen molar-refractivity contribution in [2.75, 3.05) is 6.61 Å². The Morgan fingerprint density at radius 2 is 1.48 bits per heavy atom. The van der Waals surface area contributed by atoms with E-state index >= 15 is 0 Å². The van der Waals surface area contributed by atoms with Gasteiger partial charge in [0.05, 0.1) is 12.2 Å². The maximum absolute atomic E-state index is 12.4. The Morgan fingerprint density at radius 1 is 0.920 bits per heavy atom. The Morgan fingerprint density at radius 3 is 2.00 bits per heavy atom. The predicted octanol–water partition coefficient (Wildman–Crippen LogP) is 4.34. The Bertz CT molecular complexity index is 712. The van der Waals surface area contributed by atoms with Crippen LogP contribution in [0.2, 0.25) is 0 Å². The average Bonchev–Trinajstić information content (AvgIpc) is 2.55. The highest BCUT2D eigenvalue weighted by atomic mass is 16.6. The van der Waals surface area contributed by atoms with Crippen LogP contribution in [0.25, 0.3) is 0 Å². The summed E-state index contributed by atoms with van der Waals surface area (Å²) in [4.78, 5) is 24.6. The van der Waals surface area contributed by atoms with Crippen molar-refractivity contribution >= 4 is 11.9 Å². The molecule has 2 aromatic rings. The van der Waals surface area contributed by atoms with Gasteiger partial charge >= 0.3 is 11.9 Å². The zero-order chi connectivity index (χ0) is 18.4. The van der Waals surface area contributed by atoms with Crippen LogP contribution in [0.15, 0.2) is 54.6 Å². The molecule has 1 atom stereocenters. The molecule has 0 spiro atoms. The van der Waals surface area contributed by atoms with Gasteiger partial charge in [0, 0.05) is 0 Å². The first kappa shape index (κ1) is 18.7. The molecule has 0 aromatic heterocycles. The van der Waals surface area contributed by atoms with Gasteiger partial charge in [-0.05, 0) is 51.0 Å². The zero-order valence-corrected chi connectivity index (χ0v) is 15.1. The number of rotatable bonds is 5. The zero-order valence-electron chi connectivity index (χ0n) is 15.1. The van der Waals surface area contributed by atoms with E-state index in [1.807, 2.05) is 51.1 Å². The SMILES string of the molecule is CCOC(=O)C(c1ccccc1)c1ccc(C(=O)OC(C)(C)C)cc1. The minimum absolute atomic E-state index is 0.307. The van der Waals surface area contributed by atoms with Gasteiger partial charge in [-0.15, -0.1) is 0 Å². The van der Waals surface area contributed by atoms with E-state index in [9.17, 15) is 9.59 Å². The molecule has 4 nitrogen and oxygen atoms in total. The van der Waals surface area contributed by atoms with Gasteiger partial charge < -0.3 is 9.47 Å². The fourth-order valence-electron chi connectivity index (χ4n) is 2.48. The maximum Gasteiger partial charge on any atom is 0.338 e. The molecule has 2 aromatic carbocycles. The third-order valence-corrected chi connectivity index (χ3v) is 3.53. The summed E-state index contributed by atoms with van der Waals surface area (Å²) in [7, 11) is 0. The fourth-order valence-corrected chi connectivity index (χ4v) is 2.48. The lowest BCUT2D eigenvalue weighted by Crippen LogP contribution is -2.24. The van der Waals surface area contributed by atoms with Crippen LogP contribution >= 0.6 is 0 Å². The second-order valence-corrected chi connectivity index (χ2v) is 6.72. The Kier molecular flexibility index (Phi) is 5.97. The van der Waals surface area contributed by atoms with Crippen LogP contribution in [-0.2, 0) is 14.3 Å². The first-order chi connectivity index (χ1) is 11.8. The van der Waals surface area contributed by atoms with Gasteiger partial charge in [0.25, 0.3) is 0 Å². The molecule has 0 aliphatic carbocycles. The third-order valence-electron chi connectivity index (χ3n) is 3.53. The lowest BCUT2D eigenvalue weighted by molar-refractivity contribution is -0.143. The van der Waals surface area contributed by atoms with E-state index < -0.39 is 11.5 Å². The van der Waals surface area contributed by atoms with Gasteiger partial charge in [0.2, 0.25) is 0 Å². The maximum atomic E-state index is 12.4. The summed E-state index contributed by atoms with van der Waals surface area (Å²) in [5.41, 5.74) is 1.53. The van der Waals surface area contributed by atoms with Crippen LogP contribution < -0.4 is 0 Å². The van der Waals surface area contributed by atoms with Crippen molar-refractivity contribution in [3.8, 4) is 0 Å². The summed E-state index contributed by atoms with van der Waals surface area (Å²) in [6.45, 7) is 7.58. The van der Waals surface area contributed by atoms with Gasteiger partial charge in [-0.2, -0.15) is 0 Å². The van der Waals surface area contributed by atoms with Gasteiger partial charge in [0.15, 0.2) is 0 Å². The number of benzene rings is 2. The van der Waals surface area contributed by atoms with Crippen LogP contribution in [0.1, 0.15) is 55.1 Å². The van der Waals surface area contributed by atoms with Gasteiger partial charge in [-0.1, -0.05) is 42.5 Å². The smallest absolute Gasteiger partial charge is 0.338 e. The Hall–Kier alpha value is -2.62. The van der Waals surface area contributed by atoms with E-state index in [2.05, 4.69) is 0 Å². The van der Waals surface area contributed by atoms with E-state index in [1.165, 1.54) is 0 Å². The second-order valence-electron chi connectivity index (χ2n) is 6.72. The molecule has 0 saturated heterocycles. The molecule has 0 aliphatic rings. The molecule has 0 radical (unpaired) electrons. The van der Waals surface area contributed by atoms with Crippen molar-refractivity contribution in [1.82, 2.24) is 0 Å². The molecule has 0 saturated carbocycles. The largest absolute Gasteiger partial charge is 0.465 e. The van der Waals surface area contributed by atoms with E-state index in [1.54, 1.807) is 31.2 Å². The summed E-state index contributed by atoms with van der Waals surface area (Å²) in [5, 5.41) is 0. The highest BCUT2D eigenvalue weighted by Gasteiger charge is 2.25. The normalized spacial score (nSPS) is 12.3. The summed E-state index contributed by atoms with van der Waals surface area (Å²) in [6, 6.07) is 16.4. The van der Waals surface area contributed by atoms with Crippen molar-refractivity contribution in [2.45, 2.75) is 39.2 Å². The van der Waals surface area contributed by atoms with Crippen LogP contribution in [0, 0.1) is 0 Å². The van der Waals surface area contributed by atoms with E-state index in [-0.39, 0.29) is 11.9 Å². The number of esters is 2. The highest BCUT2D eigenvalue weighted by molar-refractivity contribution is 5.90. The quantitative estimate of drug-likeness (QED) is 0.760. The molecular weight excluding hydrogens is 316 g/mol. The lowest BCUT2D eigenvalue weighted by Gasteiger charge is -2.20. The summed E-state index contributed by atoms with van der Waals surface area (Å²) >= 11 is 0. The van der Waals surface area contributed by atoms with Crippen molar-refractivity contribution in [1.29, 1.82) is 0 Å². The fraction of sp³-hybridized carbons (Fsp3) is 0.333. The molecule has 0 aliphatic heterocycles.